The normalized spacial score (nSPS) is 10.4. The highest BCUT2D eigenvalue weighted by atomic mass is 16.1. The number of nitrogens with zero attached hydrogens (tertiary/aromatic N) is 2. The van der Waals surface area contributed by atoms with Gasteiger partial charge in [0.1, 0.15) is 0 Å². The molecule has 0 radical (unpaired) electrons. The summed E-state index contributed by atoms with van der Waals surface area (Å²) in [6.45, 7) is 4.42. The summed E-state index contributed by atoms with van der Waals surface area (Å²) in [4.78, 5) is 17.5. The SMILES string of the molecule is CCc1nc2ccccc2c(C(=O)NCc2ccc(C#N)cc2)c1C. The van der Waals surface area contributed by atoms with Gasteiger partial charge in [0.05, 0.1) is 22.7 Å². The van der Waals surface area contributed by atoms with Crippen LogP contribution in [0.3, 0.4) is 0 Å². The smallest absolute Gasteiger partial charge is 0.252 e. The predicted octanol–water partition coefficient (Wildman–Crippen LogP) is 3.91. The third-order valence-electron chi connectivity index (χ3n) is 4.33. The molecule has 0 aliphatic heterocycles. The minimum atomic E-state index is -0.102. The number of aryl methyl sites for hydroxylation is 1. The molecule has 0 unspecified atom stereocenters. The highest BCUT2D eigenvalue weighted by molar-refractivity contribution is 6.07. The Bertz CT molecular complexity index is 969. The molecular formula is C21H19N3O. The van der Waals surface area contributed by atoms with Crippen molar-refractivity contribution in [2.75, 3.05) is 0 Å². The van der Waals surface area contributed by atoms with Crippen LogP contribution in [0.25, 0.3) is 10.9 Å². The Balaban J connectivity index is 1.91. The van der Waals surface area contributed by atoms with E-state index in [-0.39, 0.29) is 5.91 Å². The monoisotopic (exact) mass is 329 g/mol. The first-order chi connectivity index (χ1) is 12.1. The van der Waals surface area contributed by atoms with Crippen LogP contribution in [0.15, 0.2) is 48.5 Å². The van der Waals surface area contributed by atoms with Crippen LogP contribution < -0.4 is 5.32 Å². The Morgan fingerprint density at radius 3 is 2.56 bits per heavy atom. The number of fused-ring (bicyclic) bond motifs is 1. The fraction of sp³-hybridized carbons (Fsp3) is 0.190. The van der Waals surface area contributed by atoms with Crippen molar-refractivity contribution in [1.82, 2.24) is 10.3 Å². The number of para-hydroxylation sites is 1. The third kappa shape index (κ3) is 3.36. The van der Waals surface area contributed by atoms with E-state index in [0.717, 1.165) is 34.1 Å². The Labute approximate surface area is 147 Å². The zero-order chi connectivity index (χ0) is 17.8. The van der Waals surface area contributed by atoms with Gasteiger partial charge < -0.3 is 5.32 Å². The Morgan fingerprint density at radius 2 is 1.88 bits per heavy atom. The lowest BCUT2D eigenvalue weighted by atomic mass is 9.99. The molecule has 3 rings (SSSR count). The molecule has 0 saturated heterocycles. The van der Waals surface area contributed by atoms with Gasteiger partial charge in [-0.25, -0.2) is 0 Å². The van der Waals surface area contributed by atoms with Crippen molar-refractivity contribution in [3.63, 3.8) is 0 Å². The van der Waals surface area contributed by atoms with Crippen LogP contribution in [0.2, 0.25) is 0 Å². The molecule has 2 aromatic carbocycles. The lowest BCUT2D eigenvalue weighted by molar-refractivity contribution is 0.0952. The summed E-state index contributed by atoms with van der Waals surface area (Å²) in [6, 6.07) is 17.0. The van der Waals surface area contributed by atoms with E-state index in [9.17, 15) is 4.79 Å². The minimum Gasteiger partial charge on any atom is -0.348 e. The zero-order valence-corrected chi connectivity index (χ0v) is 14.3. The van der Waals surface area contributed by atoms with Crippen LogP contribution >= 0.6 is 0 Å². The Morgan fingerprint density at radius 1 is 1.16 bits per heavy atom. The molecule has 1 N–H and O–H groups in total. The number of amides is 1. The Hall–Kier alpha value is -3.19. The van der Waals surface area contributed by atoms with E-state index in [1.807, 2.05) is 50.2 Å². The first-order valence-electron chi connectivity index (χ1n) is 8.29. The number of hydrogen-bond donors (Lipinski definition) is 1. The highest BCUT2D eigenvalue weighted by Crippen LogP contribution is 2.23. The maximum absolute atomic E-state index is 12.9. The molecule has 0 spiro atoms. The van der Waals surface area contributed by atoms with Gasteiger partial charge >= 0.3 is 0 Å². The number of aromatic nitrogens is 1. The fourth-order valence-corrected chi connectivity index (χ4v) is 2.96. The van der Waals surface area contributed by atoms with Crippen LogP contribution in [0.4, 0.5) is 0 Å². The zero-order valence-electron chi connectivity index (χ0n) is 14.3. The van der Waals surface area contributed by atoms with Gasteiger partial charge in [0.2, 0.25) is 0 Å². The van der Waals surface area contributed by atoms with Crippen LogP contribution in [-0.4, -0.2) is 10.9 Å². The number of nitrogens with one attached hydrogen (secondary N) is 1. The fourth-order valence-electron chi connectivity index (χ4n) is 2.96. The number of nitriles is 1. The summed E-state index contributed by atoms with van der Waals surface area (Å²) < 4.78 is 0. The van der Waals surface area contributed by atoms with Gasteiger partial charge in [-0.05, 0) is 42.7 Å². The first kappa shape index (κ1) is 16.7. The van der Waals surface area contributed by atoms with E-state index >= 15 is 0 Å². The first-order valence-corrected chi connectivity index (χ1v) is 8.29. The van der Waals surface area contributed by atoms with Crippen molar-refractivity contribution in [3.05, 3.63) is 76.5 Å². The van der Waals surface area contributed by atoms with Gasteiger partial charge in [-0.3, -0.25) is 9.78 Å². The van der Waals surface area contributed by atoms with Crippen molar-refractivity contribution in [3.8, 4) is 6.07 Å². The molecule has 1 aromatic heterocycles. The van der Waals surface area contributed by atoms with Crippen molar-refractivity contribution < 1.29 is 4.79 Å². The number of carbonyl (C=O) groups excluding carboxylic acids is 1. The van der Waals surface area contributed by atoms with Gasteiger partial charge in [-0.2, -0.15) is 5.26 Å². The maximum atomic E-state index is 12.9. The number of pyridine rings is 1. The molecule has 1 amide bonds. The maximum Gasteiger partial charge on any atom is 0.252 e. The van der Waals surface area contributed by atoms with Gasteiger partial charge in [-0.1, -0.05) is 37.3 Å². The second-order valence-electron chi connectivity index (χ2n) is 5.92. The molecule has 4 heteroatoms. The number of rotatable bonds is 4. The predicted molar refractivity (Wildman–Crippen MR) is 98.2 cm³/mol. The second-order valence-corrected chi connectivity index (χ2v) is 5.92. The van der Waals surface area contributed by atoms with E-state index in [4.69, 9.17) is 5.26 Å². The van der Waals surface area contributed by atoms with E-state index in [0.29, 0.717) is 17.7 Å². The second kappa shape index (κ2) is 7.14. The molecule has 0 fully saturated rings. The highest BCUT2D eigenvalue weighted by Gasteiger charge is 2.16. The lowest BCUT2D eigenvalue weighted by Crippen LogP contribution is -2.24. The van der Waals surface area contributed by atoms with Crippen LogP contribution in [0.1, 0.15) is 39.7 Å². The average molecular weight is 329 g/mol. The van der Waals surface area contributed by atoms with Crippen LogP contribution in [0, 0.1) is 18.3 Å². The molecule has 0 atom stereocenters. The number of benzene rings is 2. The van der Waals surface area contributed by atoms with Crippen molar-refractivity contribution >= 4 is 16.8 Å². The number of hydrogen-bond acceptors (Lipinski definition) is 3. The van der Waals surface area contributed by atoms with Gasteiger partial charge in [0.15, 0.2) is 0 Å². The molecule has 3 aromatic rings. The molecule has 4 nitrogen and oxygen atoms in total. The van der Waals surface area contributed by atoms with Crippen molar-refractivity contribution in [2.24, 2.45) is 0 Å². The topological polar surface area (TPSA) is 65.8 Å². The van der Waals surface area contributed by atoms with Gasteiger partial charge in [-0.15, -0.1) is 0 Å². The number of carbonyl (C=O) groups is 1. The molecule has 124 valence electrons. The summed E-state index contributed by atoms with van der Waals surface area (Å²) in [5, 5.41) is 12.7. The standard InChI is InChI=1S/C21H19N3O/c1-3-18-14(2)20(17-6-4-5-7-19(17)24-18)21(25)23-13-16-10-8-15(12-22)9-11-16/h4-11H,3,13H2,1-2H3,(H,23,25). The van der Waals surface area contributed by atoms with Crippen LogP contribution in [0.5, 0.6) is 0 Å². The van der Waals surface area contributed by atoms with Crippen molar-refractivity contribution in [2.45, 2.75) is 26.8 Å². The third-order valence-corrected chi connectivity index (χ3v) is 4.33. The molecular weight excluding hydrogens is 310 g/mol. The molecule has 0 bridgehead atoms. The summed E-state index contributed by atoms with van der Waals surface area (Å²) in [5.74, 6) is -0.102. The Kier molecular flexibility index (Phi) is 4.76. The van der Waals surface area contributed by atoms with Gasteiger partial charge in [0, 0.05) is 17.6 Å². The quantitative estimate of drug-likeness (QED) is 0.789. The molecule has 1 heterocycles. The molecule has 25 heavy (non-hydrogen) atoms. The van der Waals surface area contributed by atoms with Crippen molar-refractivity contribution in [1.29, 1.82) is 5.26 Å². The summed E-state index contributed by atoms with van der Waals surface area (Å²) >= 11 is 0. The summed E-state index contributed by atoms with van der Waals surface area (Å²) in [7, 11) is 0. The van der Waals surface area contributed by atoms with E-state index in [1.54, 1.807) is 12.1 Å². The van der Waals surface area contributed by atoms with E-state index in [1.165, 1.54) is 0 Å². The molecule has 0 saturated carbocycles. The van der Waals surface area contributed by atoms with Crippen LogP contribution in [-0.2, 0) is 13.0 Å². The summed E-state index contributed by atoms with van der Waals surface area (Å²) in [5.41, 5.74) is 4.98. The molecule has 0 aliphatic carbocycles. The summed E-state index contributed by atoms with van der Waals surface area (Å²) in [6.07, 6.45) is 0.784. The van der Waals surface area contributed by atoms with E-state index < -0.39 is 0 Å². The van der Waals surface area contributed by atoms with E-state index in [2.05, 4.69) is 16.4 Å². The largest absolute Gasteiger partial charge is 0.348 e. The lowest BCUT2D eigenvalue weighted by Gasteiger charge is -2.14. The van der Waals surface area contributed by atoms with Gasteiger partial charge in [0.25, 0.3) is 5.91 Å². The molecule has 0 aliphatic rings. The minimum absolute atomic E-state index is 0.102. The average Bonchev–Trinajstić information content (AvgIpc) is 2.66.